The van der Waals surface area contributed by atoms with Gasteiger partial charge in [0.15, 0.2) is 5.60 Å². The smallest absolute Gasteiger partial charge is 0.338 e. The molecule has 4 aliphatic rings. The third kappa shape index (κ3) is 1.63. The van der Waals surface area contributed by atoms with Crippen molar-refractivity contribution >= 4 is 11.7 Å². The lowest BCUT2D eigenvalue weighted by atomic mass is 9.48. The molecule has 0 amide bonds. The molecule has 2 N–H and O–H groups in total. The van der Waals surface area contributed by atoms with Crippen LogP contribution in [0.25, 0.3) is 0 Å². The summed E-state index contributed by atoms with van der Waals surface area (Å²) in [5.41, 5.74) is 0.481. The number of anilines is 1. The summed E-state index contributed by atoms with van der Waals surface area (Å²) in [6.07, 6.45) is 4.06. The van der Waals surface area contributed by atoms with Gasteiger partial charge in [-0.25, -0.2) is 4.79 Å². The van der Waals surface area contributed by atoms with Gasteiger partial charge >= 0.3 is 5.97 Å². The second kappa shape index (κ2) is 5.23. The Hall–Kier alpha value is -1.59. The number of hydrogen-bond donors (Lipinski definition) is 2. The second-order valence-electron chi connectivity index (χ2n) is 8.48. The average Bonchev–Trinajstić information content (AvgIpc) is 3.23. The molecule has 3 heterocycles. The quantitative estimate of drug-likeness (QED) is 0.795. The number of ether oxygens (including phenoxy) is 1. The van der Waals surface area contributed by atoms with Crippen LogP contribution in [-0.2, 0) is 14.9 Å². The van der Waals surface area contributed by atoms with Crippen LogP contribution in [0, 0.1) is 17.5 Å². The number of carbonyl (C=O) groups is 1. The SMILES string of the molecule is CC[C@]12CC[C@H]3Nc4c[c][c]cc4[C@]34CCN(CCC1(O)C(=O)OC)[C@@H]42. The summed E-state index contributed by atoms with van der Waals surface area (Å²) in [6.45, 7) is 3.88. The van der Waals surface area contributed by atoms with E-state index in [9.17, 15) is 9.90 Å². The Labute approximate surface area is 154 Å². The largest absolute Gasteiger partial charge is 0.467 e. The third-order valence-electron chi connectivity index (χ3n) is 8.07. The summed E-state index contributed by atoms with van der Waals surface area (Å²) in [4.78, 5) is 15.3. The van der Waals surface area contributed by atoms with E-state index in [0.717, 1.165) is 44.5 Å². The zero-order valence-electron chi connectivity index (χ0n) is 15.5. The number of carbonyl (C=O) groups excluding carboxylic acids is 1. The van der Waals surface area contributed by atoms with E-state index in [-0.39, 0.29) is 11.5 Å². The van der Waals surface area contributed by atoms with E-state index in [4.69, 9.17) is 4.74 Å². The van der Waals surface area contributed by atoms with Crippen molar-refractivity contribution in [2.75, 3.05) is 25.5 Å². The van der Waals surface area contributed by atoms with E-state index < -0.39 is 17.0 Å². The summed E-state index contributed by atoms with van der Waals surface area (Å²) >= 11 is 0. The van der Waals surface area contributed by atoms with Gasteiger partial charge in [0.1, 0.15) is 0 Å². The van der Waals surface area contributed by atoms with Gasteiger partial charge in [-0.15, -0.1) is 0 Å². The number of nitrogens with zero attached hydrogens (tertiary/aromatic N) is 1. The lowest BCUT2D eigenvalue weighted by molar-refractivity contribution is -0.213. The molecule has 138 valence electrons. The number of hydrogen-bond acceptors (Lipinski definition) is 5. The van der Waals surface area contributed by atoms with Crippen molar-refractivity contribution < 1.29 is 14.6 Å². The Balaban J connectivity index is 1.73. The number of methoxy groups -OCH3 is 1. The van der Waals surface area contributed by atoms with Gasteiger partial charge in [-0.2, -0.15) is 0 Å². The molecule has 2 radical (unpaired) electrons. The molecule has 1 saturated carbocycles. The molecule has 1 aromatic rings. The zero-order chi connectivity index (χ0) is 18.2. The first-order chi connectivity index (χ1) is 12.5. The minimum Gasteiger partial charge on any atom is -0.467 e. The minimum absolute atomic E-state index is 0.0718. The van der Waals surface area contributed by atoms with Crippen molar-refractivity contribution in [2.24, 2.45) is 5.41 Å². The van der Waals surface area contributed by atoms with E-state index in [1.807, 2.05) is 6.07 Å². The maximum atomic E-state index is 12.8. The van der Waals surface area contributed by atoms with Gasteiger partial charge in [-0.3, -0.25) is 4.90 Å². The zero-order valence-corrected chi connectivity index (χ0v) is 15.5. The fourth-order valence-corrected chi connectivity index (χ4v) is 7.03. The van der Waals surface area contributed by atoms with E-state index >= 15 is 0 Å². The van der Waals surface area contributed by atoms with Crippen LogP contribution >= 0.6 is 0 Å². The molecule has 1 unspecified atom stereocenters. The summed E-state index contributed by atoms with van der Waals surface area (Å²) in [6, 6.07) is 10.8. The lowest BCUT2D eigenvalue weighted by Gasteiger charge is -2.62. The van der Waals surface area contributed by atoms with Crippen LogP contribution in [0.1, 0.15) is 44.6 Å². The van der Waals surface area contributed by atoms with E-state index in [1.54, 1.807) is 0 Å². The predicted molar refractivity (Wildman–Crippen MR) is 96.7 cm³/mol. The highest BCUT2D eigenvalue weighted by Gasteiger charge is 2.73. The summed E-state index contributed by atoms with van der Waals surface area (Å²) < 4.78 is 5.10. The molecule has 5 heteroatoms. The summed E-state index contributed by atoms with van der Waals surface area (Å²) in [5.74, 6) is -0.460. The maximum absolute atomic E-state index is 12.8. The van der Waals surface area contributed by atoms with Gasteiger partial charge < -0.3 is 15.2 Å². The van der Waals surface area contributed by atoms with E-state index in [1.165, 1.54) is 12.7 Å². The van der Waals surface area contributed by atoms with Crippen molar-refractivity contribution in [2.45, 2.75) is 62.1 Å². The average molecular weight is 354 g/mol. The third-order valence-corrected chi connectivity index (χ3v) is 8.07. The molecule has 0 bridgehead atoms. The first-order valence-electron chi connectivity index (χ1n) is 9.77. The number of nitrogens with one attached hydrogen (secondary N) is 1. The van der Waals surface area contributed by atoms with Crippen molar-refractivity contribution in [3.05, 3.63) is 29.8 Å². The second-order valence-corrected chi connectivity index (χ2v) is 8.48. The Morgan fingerprint density at radius 1 is 1.35 bits per heavy atom. The molecule has 5 atom stereocenters. The van der Waals surface area contributed by atoms with Crippen LogP contribution in [0.4, 0.5) is 5.69 Å². The van der Waals surface area contributed by atoms with Gasteiger partial charge in [0.25, 0.3) is 0 Å². The maximum Gasteiger partial charge on any atom is 0.338 e. The Morgan fingerprint density at radius 2 is 2.12 bits per heavy atom. The number of piperidine rings is 1. The summed E-state index contributed by atoms with van der Waals surface area (Å²) in [5, 5.41) is 15.4. The Bertz CT molecular complexity index is 767. The molecule has 26 heavy (non-hydrogen) atoms. The van der Waals surface area contributed by atoms with Crippen molar-refractivity contribution in [3.63, 3.8) is 0 Å². The fraction of sp³-hybridized carbons (Fsp3) is 0.667. The van der Waals surface area contributed by atoms with Crippen molar-refractivity contribution in [1.82, 2.24) is 4.90 Å². The highest BCUT2D eigenvalue weighted by Crippen LogP contribution is 2.66. The summed E-state index contributed by atoms with van der Waals surface area (Å²) in [7, 11) is 1.39. The van der Waals surface area contributed by atoms with Gasteiger partial charge in [0, 0.05) is 41.6 Å². The highest BCUT2D eigenvalue weighted by atomic mass is 16.5. The van der Waals surface area contributed by atoms with Gasteiger partial charge in [0.05, 0.1) is 7.11 Å². The number of benzene rings is 1. The molecule has 0 aromatic heterocycles. The molecule has 1 spiro atoms. The van der Waals surface area contributed by atoms with Gasteiger partial charge in [-0.1, -0.05) is 6.92 Å². The highest BCUT2D eigenvalue weighted by molar-refractivity contribution is 5.81. The molecular formula is C21H26N2O3. The van der Waals surface area contributed by atoms with Crippen LogP contribution in [-0.4, -0.2) is 53.9 Å². The van der Waals surface area contributed by atoms with Crippen LogP contribution in [0.5, 0.6) is 0 Å². The molecule has 3 aliphatic heterocycles. The monoisotopic (exact) mass is 354 g/mol. The first-order valence-corrected chi connectivity index (χ1v) is 9.77. The molecule has 2 saturated heterocycles. The minimum atomic E-state index is -1.41. The van der Waals surface area contributed by atoms with Crippen LogP contribution in [0.2, 0.25) is 0 Å². The molecule has 3 fully saturated rings. The molecule has 1 aliphatic carbocycles. The lowest BCUT2D eigenvalue weighted by Crippen LogP contribution is -2.73. The fourth-order valence-electron chi connectivity index (χ4n) is 7.03. The topological polar surface area (TPSA) is 61.8 Å². The predicted octanol–water partition coefficient (Wildman–Crippen LogP) is 1.89. The van der Waals surface area contributed by atoms with E-state index in [0.29, 0.717) is 12.5 Å². The first kappa shape index (κ1) is 16.6. The van der Waals surface area contributed by atoms with Crippen LogP contribution < -0.4 is 5.32 Å². The number of fused-ring (bicyclic) bond motifs is 1. The van der Waals surface area contributed by atoms with Crippen molar-refractivity contribution in [1.29, 1.82) is 0 Å². The van der Waals surface area contributed by atoms with Crippen molar-refractivity contribution in [3.8, 4) is 0 Å². The van der Waals surface area contributed by atoms with Gasteiger partial charge in [0.2, 0.25) is 0 Å². The standard InChI is InChI=1S/C21H26N2O3/c1-3-19-9-8-16-20(14-6-4-5-7-15(14)22-16)10-12-23(17(19)20)13-11-21(19,25)18(24)26-2/h6-7,16-17,22,25H,3,8-13H2,1-2H3/t16-,17-,19-,20-,21?/m1/s1. The van der Waals surface area contributed by atoms with Crippen LogP contribution in [0.15, 0.2) is 12.1 Å². The van der Waals surface area contributed by atoms with E-state index in [2.05, 4.69) is 35.3 Å². The number of rotatable bonds is 2. The Morgan fingerprint density at radius 3 is 2.88 bits per heavy atom. The molecular weight excluding hydrogens is 328 g/mol. The number of esters is 1. The normalized spacial score (nSPS) is 43.2. The number of aliphatic hydroxyl groups is 1. The van der Waals surface area contributed by atoms with Gasteiger partial charge in [-0.05, 0) is 62.1 Å². The Kier molecular flexibility index (Phi) is 3.33. The molecule has 5 nitrogen and oxygen atoms in total. The van der Waals surface area contributed by atoms with Crippen LogP contribution in [0.3, 0.4) is 0 Å². The molecule has 5 rings (SSSR count). The molecule has 1 aromatic carbocycles.